The van der Waals surface area contributed by atoms with Gasteiger partial charge in [0, 0.05) is 27.1 Å². The van der Waals surface area contributed by atoms with Crippen molar-refractivity contribution in [2.75, 3.05) is 18.2 Å². The topological polar surface area (TPSA) is 87.5 Å². The van der Waals surface area contributed by atoms with Gasteiger partial charge in [-0.15, -0.1) is 5.10 Å². The standard InChI is InChI=1S/C27H30Cl2N4O4S/c1-6-11-38-27-31-26-30-16(4)23(25(34)37-15(2)3)24(33(26)32-27)17-8-10-21(22(12-17)35-5)36-14-18-7-9-19(28)13-20(18)29/h7-10,12-13,15,24H,6,11,14H2,1-5H3,(H,30,31,32). The quantitative estimate of drug-likeness (QED) is 0.205. The van der Waals surface area contributed by atoms with Gasteiger partial charge in [0.2, 0.25) is 11.1 Å². The van der Waals surface area contributed by atoms with Gasteiger partial charge in [0.1, 0.15) is 12.6 Å². The first-order chi connectivity index (χ1) is 18.2. The van der Waals surface area contributed by atoms with Crippen LogP contribution in [0.3, 0.4) is 0 Å². The predicted octanol–water partition coefficient (Wildman–Crippen LogP) is 6.92. The number of carbonyl (C=O) groups is 1. The zero-order chi connectivity index (χ0) is 27.4. The Morgan fingerprint density at radius 3 is 2.66 bits per heavy atom. The molecule has 1 unspecified atom stereocenters. The number of anilines is 1. The second kappa shape index (κ2) is 12.3. The van der Waals surface area contributed by atoms with Gasteiger partial charge in [-0.3, -0.25) is 0 Å². The minimum absolute atomic E-state index is 0.231. The van der Waals surface area contributed by atoms with Crippen molar-refractivity contribution >= 4 is 46.9 Å². The molecule has 11 heteroatoms. The third kappa shape index (κ3) is 6.22. The molecular weight excluding hydrogens is 547 g/mol. The summed E-state index contributed by atoms with van der Waals surface area (Å²) in [5.41, 5.74) is 2.67. The maximum Gasteiger partial charge on any atom is 0.338 e. The summed E-state index contributed by atoms with van der Waals surface area (Å²) in [5.74, 6) is 2.06. The molecule has 0 fully saturated rings. The van der Waals surface area contributed by atoms with Crippen LogP contribution in [-0.2, 0) is 16.1 Å². The van der Waals surface area contributed by atoms with Crippen LogP contribution in [-0.4, -0.2) is 39.7 Å². The lowest BCUT2D eigenvalue weighted by Gasteiger charge is -2.29. The number of ether oxygens (including phenoxy) is 3. The van der Waals surface area contributed by atoms with E-state index in [1.54, 1.807) is 35.7 Å². The lowest BCUT2D eigenvalue weighted by molar-refractivity contribution is -0.143. The Morgan fingerprint density at radius 1 is 1.18 bits per heavy atom. The summed E-state index contributed by atoms with van der Waals surface area (Å²) < 4.78 is 19.0. The number of benzene rings is 2. The number of halogens is 2. The van der Waals surface area contributed by atoms with Crippen molar-refractivity contribution in [2.24, 2.45) is 0 Å². The number of allylic oxidation sites excluding steroid dienone is 1. The molecule has 4 rings (SSSR count). The Morgan fingerprint density at radius 2 is 1.97 bits per heavy atom. The summed E-state index contributed by atoms with van der Waals surface area (Å²) in [6, 6.07) is 10.2. The Labute approximate surface area is 236 Å². The van der Waals surface area contributed by atoms with Crippen LogP contribution in [0.4, 0.5) is 5.95 Å². The molecule has 0 saturated carbocycles. The van der Waals surface area contributed by atoms with Crippen molar-refractivity contribution in [3.8, 4) is 11.5 Å². The zero-order valence-electron chi connectivity index (χ0n) is 21.9. The summed E-state index contributed by atoms with van der Waals surface area (Å²) in [4.78, 5) is 17.9. The van der Waals surface area contributed by atoms with Crippen LogP contribution in [0.5, 0.6) is 11.5 Å². The molecule has 2 heterocycles. The molecule has 0 spiro atoms. The van der Waals surface area contributed by atoms with E-state index < -0.39 is 12.0 Å². The first-order valence-electron chi connectivity index (χ1n) is 12.2. The van der Waals surface area contributed by atoms with E-state index in [2.05, 4.69) is 17.2 Å². The number of fused-ring (bicyclic) bond motifs is 1. The van der Waals surface area contributed by atoms with Crippen molar-refractivity contribution in [1.82, 2.24) is 14.8 Å². The first-order valence-corrected chi connectivity index (χ1v) is 14.0. The highest BCUT2D eigenvalue weighted by Gasteiger charge is 2.36. The first kappa shape index (κ1) is 28.1. The van der Waals surface area contributed by atoms with Crippen LogP contribution < -0.4 is 14.8 Å². The Hall–Kier alpha value is -2.88. The van der Waals surface area contributed by atoms with E-state index in [4.69, 9.17) is 42.5 Å². The van der Waals surface area contributed by atoms with E-state index in [-0.39, 0.29) is 12.7 Å². The van der Waals surface area contributed by atoms with Crippen LogP contribution >= 0.6 is 35.0 Å². The summed E-state index contributed by atoms with van der Waals surface area (Å²) in [6.45, 7) is 7.82. The molecule has 1 atom stereocenters. The molecule has 8 nitrogen and oxygen atoms in total. The van der Waals surface area contributed by atoms with Gasteiger partial charge in [-0.25, -0.2) is 9.48 Å². The molecule has 1 N–H and O–H groups in total. The third-order valence-corrected chi connectivity index (χ3v) is 7.36. The second-order valence-corrected chi connectivity index (χ2v) is 10.9. The second-order valence-electron chi connectivity index (χ2n) is 8.97. The zero-order valence-corrected chi connectivity index (χ0v) is 24.2. The van der Waals surface area contributed by atoms with Crippen molar-refractivity contribution in [2.45, 2.75) is 58.0 Å². The lowest BCUT2D eigenvalue weighted by Crippen LogP contribution is -2.30. The van der Waals surface area contributed by atoms with Gasteiger partial charge in [-0.2, -0.15) is 4.98 Å². The molecule has 0 amide bonds. The van der Waals surface area contributed by atoms with Gasteiger partial charge in [-0.1, -0.05) is 54.0 Å². The van der Waals surface area contributed by atoms with E-state index in [1.807, 2.05) is 45.0 Å². The van der Waals surface area contributed by atoms with Gasteiger partial charge in [0.05, 0.1) is 18.8 Å². The summed E-state index contributed by atoms with van der Waals surface area (Å²) >= 11 is 13.9. The van der Waals surface area contributed by atoms with E-state index in [0.717, 1.165) is 23.3 Å². The smallest absolute Gasteiger partial charge is 0.338 e. The number of hydrogen-bond donors (Lipinski definition) is 1. The Balaban J connectivity index is 1.71. The van der Waals surface area contributed by atoms with Crippen molar-refractivity contribution < 1.29 is 19.0 Å². The van der Waals surface area contributed by atoms with Gasteiger partial charge < -0.3 is 19.5 Å². The molecule has 38 heavy (non-hydrogen) atoms. The maximum absolute atomic E-state index is 13.3. The highest BCUT2D eigenvalue weighted by molar-refractivity contribution is 7.99. The lowest BCUT2D eigenvalue weighted by atomic mass is 9.95. The third-order valence-electron chi connectivity index (χ3n) is 5.73. The van der Waals surface area contributed by atoms with Gasteiger partial charge in [-0.05, 0) is 57.0 Å². The molecule has 1 aromatic heterocycles. The van der Waals surface area contributed by atoms with Crippen LogP contribution in [0, 0.1) is 0 Å². The molecule has 0 bridgehead atoms. The molecular formula is C27H30Cl2N4O4S. The minimum Gasteiger partial charge on any atom is -0.493 e. The minimum atomic E-state index is -0.574. The van der Waals surface area contributed by atoms with E-state index in [9.17, 15) is 4.79 Å². The van der Waals surface area contributed by atoms with Crippen LogP contribution in [0.1, 0.15) is 51.3 Å². The molecule has 202 valence electrons. The monoisotopic (exact) mass is 576 g/mol. The normalized spacial score (nSPS) is 14.8. The van der Waals surface area contributed by atoms with E-state index in [0.29, 0.717) is 43.9 Å². The average Bonchev–Trinajstić information content (AvgIpc) is 3.27. The van der Waals surface area contributed by atoms with Crippen molar-refractivity contribution in [3.63, 3.8) is 0 Å². The van der Waals surface area contributed by atoms with Crippen molar-refractivity contribution in [1.29, 1.82) is 0 Å². The number of methoxy groups -OCH3 is 1. The number of esters is 1. The highest BCUT2D eigenvalue weighted by atomic mass is 35.5. The molecule has 0 radical (unpaired) electrons. The van der Waals surface area contributed by atoms with Crippen LogP contribution in [0.15, 0.2) is 52.8 Å². The molecule has 0 saturated heterocycles. The number of nitrogens with one attached hydrogen (secondary N) is 1. The van der Waals surface area contributed by atoms with Gasteiger partial charge in [0.25, 0.3) is 0 Å². The van der Waals surface area contributed by atoms with Gasteiger partial charge >= 0.3 is 5.97 Å². The summed E-state index contributed by atoms with van der Waals surface area (Å²) in [7, 11) is 1.57. The van der Waals surface area contributed by atoms with Crippen LogP contribution in [0.2, 0.25) is 10.0 Å². The fourth-order valence-electron chi connectivity index (χ4n) is 4.00. The highest BCUT2D eigenvalue weighted by Crippen LogP contribution is 2.40. The fourth-order valence-corrected chi connectivity index (χ4v) is 5.15. The number of rotatable bonds is 10. The molecule has 1 aliphatic rings. The fraction of sp³-hybridized carbons (Fsp3) is 0.370. The SMILES string of the molecule is CCCSc1nc2n(n1)C(c1ccc(OCc3ccc(Cl)cc3Cl)c(OC)c1)C(C(=O)OC(C)C)=C(C)N2. The van der Waals surface area contributed by atoms with Crippen molar-refractivity contribution in [3.05, 3.63) is 68.8 Å². The van der Waals surface area contributed by atoms with Gasteiger partial charge in [0.15, 0.2) is 11.5 Å². The number of nitrogens with zero attached hydrogens (tertiary/aromatic N) is 3. The molecule has 2 aromatic carbocycles. The summed E-state index contributed by atoms with van der Waals surface area (Å²) in [5, 5.41) is 9.67. The summed E-state index contributed by atoms with van der Waals surface area (Å²) in [6.07, 6.45) is 0.718. The molecule has 3 aromatic rings. The Kier molecular flexibility index (Phi) is 9.12. The number of aromatic nitrogens is 3. The van der Waals surface area contributed by atoms with Crippen LogP contribution in [0.25, 0.3) is 0 Å². The average molecular weight is 578 g/mol. The number of carbonyl (C=O) groups excluding carboxylic acids is 1. The maximum atomic E-state index is 13.3. The molecule has 0 aliphatic carbocycles. The number of thioether (sulfide) groups is 1. The predicted molar refractivity (Wildman–Crippen MR) is 151 cm³/mol. The number of hydrogen-bond acceptors (Lipinski definition) is 8. The van der Waals surface area contributed by atoms with E-state index >= 15 is 0 Å². The van der Waals surface area contributed by atoms with E-state index in [1.165, 1.54) is 0 Å². The largest absolute Gasteiger partial charge is 0.493 e. The Bertz CT molecular complexity index is 1360. The molecule has 1 aliphatic heterocycles.